The molecule has 12 unspecified atom stereocenters. The fourth-order valence-corrected chi connectivity index (χ4v) is 8.96. The molecule has 2 heterocycles. The number of hydrogen-bond donors (Lipinski definition) is 9. The predicted octanol–water partition coefficient (Wildman–Crippen LogP) is 7.88. The molecule has 2 saturated heterocycles. The van der Waals surface area contributed by atoms with Crippen molar-refractivity contribution in [1.29, 1.82) is 0 Å². The summed E-state index contributed by atoms with van der Waals surface area (Å²) in [5.74, 6) is -0.236. The summed E-state index contributed by atoms with van der Waals surface area (Å²) in [5, 5.41) is 87.0. The number of amides is 1. The molecular weight excluding hydrogens is 871 g/mol. The topological polar surface area (TPSA) is 228 Å². The molecular formula is C54H99NO13. The van der Waals surface area contributed by atoms with Crippen molar-refractivity contribution in [2.45, 2.75) is 280 Å². The molecule has 2 fully saturated rings. The highest BCUT2D eigenvalue weighted by atomic mass is 16.7. The Balaban J connectivity index is 1.79. The Kier molecular flexibility index (Phi) is 37.4. The Bertz CT molecular complexity index is 1280. The third kappa shape index (κ3) is 27.1. The summed E-state index contributed by atoms with van der Waals surface area (Å²) in [7, 11) is 0. The number of ether oxygens (including phenoxy) is 4. The number of hydrogen-bond acceptors (Lipinski definition) is 13. The minimum atomic E-state index is -1.78. The van der Waals surface area contributed by atoms with Crippen LogP contribution in [0.25, 0.3) is 0 Å². The first kappa shape index (κ1) is 62.3. The van der Waals surface area contributed by atoms with Crippen molar-refractivity contribution in [2.75, 3.05) is 19.8 Å². The lowest BCUT2D eigenvalue weighted by Gasteiger charge is -2.46. The fraction of sp³-hybridized carbons (Fsp3) is 0.870. The van der Waals surface area contributed by atoms with Crippen molar-refractivity contribution in [1.82, 2.24) is 5.32 Å². The van der Waals surface area contributed by atoms with Crippen molar-refractivity contribution in [3.63, 3.8) is 0 Å². The van der Waals surface area contributed by atoms with E-state index in [2.05, 4.69) is 55.6 Å². The van der Waals surface area contributed by atoms with Gasteiger partial charge >= 0.3 is 0 Å². The molecule has 0 aliphatic carbocycles. The fourth-order valence-electron chi connectivity index (χ4n) is 8.96. The summed E-state index contributed by atoms with van der Waals surface area (Å²) >= 11 is 0. The van der Waals surface area contributed by atoms with Crippen LogP contribution in [0.15, 0.2) is 36.5 Å². The molecule has 0 aromatic carbocycles. The molecule has 9 N–H and O–H groups in total. The average Bonchev–Trinajstić information content (AvgIpc) is 3.34. The van der Waals surface area contributed by atoms with Crippen LogP contribution < -0.4 is 5.32 Å². The van der Waals surface area contributed by atoms with Crippen molar-refractivity contribution in [3.8, 4) is 0 Å². The molecule has 12 atom stereocenters. The van der Waals surface area contributed by atoms with Gasteiger partial charge in [-0.15, -0.1) is 0 Å². The van der Waals surface area contributed by atoms with Gasteiger partial charge in [-0.2, -0.15) is 0 Å². The molecule has 2 rings (SSSR count). The second-order valence-corrected chi connectivity index (χ2v) is 19.3. The lowest BCUT2D eigenvalue weighted by Crippen LogP contribution is -2.65. The van der Waals surface area contributed by atoms with E-state index in [-0.39, 0.29) is 18.9 Å². The van der Waals surface area contributed by atoms with Crippen LogP contribution in [0.3, 0.4) is 0 Å². The number of rotatable bonds is 42. The Morgan fingerprint density at radius 2 is 1.01 bits per heavy atom. The highest BCUT2D eigenvalue weighted by Gasteiger charge is 2.51. The SMILES string of the molecule is CC/C=C\C/C=C\C/C=C\CCCCCC(=O)NC(COC1OC(CO)C(OC2OC(CO)C(O)C(O)C2O)C(O)C1O)C(O)CCCCCCCCCCCCCCCCCCCCCCC. The van der Waals surface area contributed by atoms with Gasteiger partial charge in [-0.25, -0.2) is 0 Å². The quantitative estimate of drug-likeness (QED) is 0.0210. The molecule has 0 bridgehead atoms. The molecule has 1 amide bonds. The van der Waals surface area contributed by atoms with Gasteiger partial charge in [0.2, 0.25) is 5.91 Å². The van der Waals surface area contributed by atoms with E-state index >= 15 is 0 Å². The normalized spacial score (nSPS) is 26.6. The molecule has 14 nitrogen and oxygen atoms in total. The van der Waals surface area contributed by atoms with Crippen LogP contribution in [-0.2, 0) is 23.7 Å². The zero-order valence-electron chi connectivity index (χ0n) is 42.3. The van der Waals surface area contributed by atoms with E-state index in [4.69, 9.17) is 18.9 Å². The Hall–Kier alpha value is -1.79. The standard InChI is InChI=1S/C54H99NO13/c1-3-5-7-9-11-13-15-17-18-19-20-21-22-23-24-26-27-29-31-33-35-37-43(58)42(55-46(59)38-36-34-32-30-28-25-16-14-12-10-8-6-4-2)41-65-53-51(64)49(62)52(45(40-57)67-53)68-54-50(63)48(61)47(60)44(39-56)66-54/h6,8,12,14,25,28,42-45,47-54,56-58,60-64H,3-5,7,9-11,13,15-24,26-27,29-41H2,1-2H3,(H,55,59)/b8-6-,14-12-,28-25-. The number of carbonyl (C=O) groups is 1. The average molecular weight is 970 g/mol. The highest BCUT2D eigenvalue weighted by Crippen LogP contribution is 2.30. The molecule has 0 radical (unpaired) electrons. The first-order valence-electron chi connectivity index (χ1n) is 27.2. The zero-order valence-corrected chi connectivity index (χ0v) is 42.3. The van der Waals surface area contributed by atoms with E-state index in [1.807, 2.05) is 0 Å². The van der Waals surface area contributed by atoms with E-state index in [1.54, 1.807) is 0 Å². The maximum atomic E-state index is 13.2. The lowest BCUT2D eigenvalue weighted by molar-refractivity contribution is -0.359. The van der Waals surface area contributed by atoms with Gasteiger partial charge in [0.1, 0.15) is 48.8 Å². The summed E-state index contributed by atoms with van der Waals surface area (Å²) in [5.41, 5.74) is 0. The van der Waals surface area contributed by atoms with Crippen molar-refractivity contribution in [2.24, 2.45) is 0 Å². The number of nitrogens with one attached hydrogen (secondary N) is 1. The van der Waals surface area contributed by atoms with Crippen LogP contribution in [0.2, 0.25) is 0 Å². The van der Waals surface area contributed by atoms with Gasteiger partial charge in [0.15, 0.2) is 12.6 Å². The molecule has 0 saturated carbocycles. The highest BCUT2D eigenvalue weighted by molar-refractivity contribution is 5.76. The van der Waals surface area contributed by atoms with E-state index in [1.165, 1.54) is 109 Å². The van der Waals surface area contributed by atoms with Crippen molar-refractivity contribution in [3.05, 3.63) is 36.5 Å². The number of unbranched alkanes of at least 4 members (excludes halogenated alkanes) is 23. The largest absolute Gasteiger partial charge is 0.394 e. The molecule has 2 aliphatic heterocycles. The Morgan fingerprint density at radius 1 is 0.544 bits per heavy atom. The monoisotopic (exact) mass is 970 g/mol. The minimum Gasteiger partial charge on any atom is -0.394 e. The zero-order chi connectivity index (χ0) is 49.6. The molecule has 398 valence electrons. The third-order valence-corrected chi connectivity index (χ3v) is 13.4. The summed E-state index contributed by atoms with van der Waals surface area (Å²) < 4.78 is 22.8. The van der Waals surface area contributed by atoms with Gasteiger partial charge < -0.3 is 65.1 Å². The molecule has 0 aromatic heterocycles. The first-order valence-corrected chi connectivity index (χ1v) is 27.2. The van der Waals surface area contributed by atoms with E-state index in [0.29, 0.717) is 12.8 Å². The number of aliphatic hydroxyl groups excluding tert-OH is 8. The Morgan fingerprint density at radius 3 is 1.54 bits per heavy atom. The summed E-state index contributed by atoms with van der Waals surface area (Å²) in [6, 6.07) is -0.843. The second kappa shape index (κ2) is 40.8. The van der Waals surface area contributed by atoms with Crippen molar-refractivity contribution >= 4 is 5.91 Å². The lowest BCUT2D eigenvalue weighted by atomic mass is 9.97. The number of aliphatic hydroxyl groups is 8. The van der Waals surface area contributed by atoms with Gasteiger partial charge in [0.25, 0.3) is 0 Å². The minimum absolute atomic E-state index is 0.236. The van der Waals surface area contributed by atoms with E-state index < -0.39 is 86.8 Å². The maximum Gasteiger partial charge on any atom is 0.220 e. The van der Waals surface area contributed by atoms with Gasteiger partial charge in [-0.1, -0.05) is 192 Å². The maximum absolute atomic E-state index is 13.2. The summed E-state index contributed by atoms with van der Waals surface area (Å²) in [4.78, 5) is 13.2. The summed E-state index contributed by atoms with van der Waals surface area (Å²) in [6.45, 7) is 2.72. The third-order valence-electron chi connectivity index (χ3n) is 13.4. The van der Waals surface area contributed by atoms with Gasteiger partial charge in [-0.05, 0) is 44.9 Å². The molecule has 0 spiro atoms. The summed E-state index contributed by atoms with van der Waals surface area (Å²) in [6.07, 6.45) is 30.1. The Labute approximate surface area is 411 Å². The predicted molar refractivity (Wildman–Crippen MR) is 268 cm³/mol. The van der Waals surface area contributed by atoms with E-state index in [9.17, 15) is 45.6 Å². The van der Waals surface area contributed by atoms with Crippen LogP contribution in [0.4, 0.5) is 0 Å². The van der Waals surface area contributed by atoms with Gasteiger partial charge in [0, 0.05) is 6.42 Å². The van der Waals surface area contributed by atoms with E-state index in [0.717, 1.165) is 64.2 Å². The van der Waals surface area contributed by atoms with Crippen LogP contribution in [0.5, 0.6) is 0 Å². The second-order valence-electron chi connectivity index (χ2n) is 19.3. The molecule has 14 heteroatoms. The number of carbonyl (C=O) groups excluding carboxylic acids is 1. The molecule has 2 aliphatic rings. The van der Waals surface area contributed by atoms with Gasteiger partial charge in [0.05, 0.1) is 32.0 Å². The smallest absolute Gasteiger partial charge is 0.220 e. The van der Waals surface area contributed by atoms with Crippen LogP contribution in [-0.4, -0.2) is 140 Å². The van der Waals surface area contributed by atoms with Crippen LogP contribution in [0.1, 0.15) is 206 Å². The number of allylic oxidation sites excluding steroid dienone is 6. The van der Waals surface area contributed by atoms with Crippen LogP contribution in [0, 0.1) is 0 Å². The van der Waals surface area contributed by atoms with Crippen LogP contribution >= 0.6 is 0 Å². The van der Waals surface area contributed by atoms with Crippen molar-refractivity contribution < 1.29 is 64.6 Å². The van der Waals surface area contributed by atoms with Gasteiger partial charge in [-0.3, -0.25) is 4.79 Å². The first-order chi connectivity index (χ1) is 33.1. The molecule has 0 aromatic rings. The molecule has 68 heavy (non-hydrogen) atoms.